The maximum atomic E-state index is 13.1. The zero-order valence-corrected chi connectivity index (χ0v) is 12.4. The van der Waals surface area contributed by atoms with E-state index in [1.54, 1.807) is 35.2 Å². The van der Waals surface area contributed by atoms with E-state index in [9.17, 15) is 4.39 Å². The quantitative estimate of drug-likeness (QED) is 0.698. The van der Waals surface area contributed by atoms with Gasteiger partial charge in [0.1, 0.15) is 5.82 Å². The lowest BCUT2D eigenvalue weighted by molar-refractivity contribution is 0.624. The molecule has 1 atom stereocenters. The maximum absolute atomic E-state index is 13.1. The standard InChI is InChI=1S/C16H14FNS2/c17-12-4-2-5-13(9-12)20-10-15(18)14-6-1-3-11-7-8-19-16(11)14/h1-9,15H,10,18H2. The molecule has 2 aromatic carbocycles. The summed E-state index contributed by atoms with van der Waals surface area (Å²) in [5, 5.41) is 3.32. The summed E-state index contributed by atoms with van der Waals surface area (Å²) in [5.41, 5.74) is 7.47. The van der Waals surface area contributed by atoms with Crippen molar-refractivity contribution in [2.45, 2.75) is 10.9 Å². The SMILES string of the molecule is NC(CSc1cccc(F)c1)c1cccc2ccsc12. The lowest BCUT2D eigenvalue weighted by Gasteiger charge is -2.13. The monoisotopic (exact) mass is 303 g/mol. The Morgan fingerprint density at radius 2 is 2.00 bits per heavy atom. The lowest BCUT2D eigenvalue weighted by atomic mass is 10.1. The number of benzene rings is 2. The van der Waals surface area contributed by atoms with Gasteiger partial charge < -0.3 is 5.73 Å². The smallest absolute Gasteiger partial charge is 0.124 e. The predicted octanol–water partition coefficient (Wildman–Crippen LogP) is 4.83. The molecule has 0 radical (unpaired) electrons. The average Bonchev–Trinajstić information content (AvgIpc) is 2.93. The van der Waals surface area contributed by atoms with Crippen LogP contribution in [0.2, 0.25) is 0 Å². The number of hydrogen-bond donors (Lipinski definition) is 1. The Morgan fingerprint density at radius 1 is 1.15 bits per heavy atom. The predicted molar refractivity (Wildman–Crippen MR) is 85.9 cm³/mol. The van der Waals surface area contributed by atoms with Crippen LogP contribution >= 0.6 is 23.1 Å². The first-order valence-corrected chi connectivity index (χ1v) is 8.20. The van der Waals surface area contributed by atoms with E-state index in [0.717, 1.165) is 10.6 Å². The van der Waals surface area contributed by atoms with E-state index in [1.807, 2.05) is 12.1 Å². The Bertz CT molecular complexity index is 723. The highest BCUT2D eigenvalue weighted by Crippen LogP contribution is 2.31. The molecule has 3 rings (SSSR count). The fourth-order valence-corrected chi connectivity index (χ4v) is 4.04. The van der Waals surface area contributed by atoms with Gasteiger partial charge in [-0.25, -0.2) is 4.39 Å². The number of fused-ring (bicyclic) bond motifs is 1. The Balaban J connectivity index is 1.76. The lowest BCUT2D eigenvalue weighted by Crippen LogP contribution is -2.12. The highest BCUT2D eigenvalue weighted by molar-refractivity contribution is 7.99. The van der Waals surface area contributed by atoms with E-state index >= 15 is 0 Å². The Hall–Kier alpha value is -1.36. The molecule has 0 fully saturated rings. The molecule has 0 saturated heterocycles. The topological polar surface area (TPSA) is 26.0 Å². The molecule has 0 bridgehead atoms. The second kappa shape index (κ2) is 5.95. The zero-order valence-electron chi connectivity index (χ0n) is 10.8. The van der Waals surface area contributed by atoms with Gasteiger partial charge in [-0.3, -0.25) is 0 Å². The molecule has 4 heteroatoms. The maximum Gasteiger partial charge on any atom is 0.124 e. The van der Waals surface area contributed by atoms with Crippen LogP contribution < -0.4 is 5.73 Å². The van der Waals surface area contributed by atoms with Crippen molar-refractivity contribution in [2.75, 3.05) is 5.75 Å². The van der Waals surface area contributed by atoms with Gasteiger partial charge >= 0.3 is 0 Å². The molecule has 1 unspecified atom stereocenters. The van der Waals surface area contributed by atoms with Crippen molar-refractivity contribution >= 4 is 33.2 Å². The van der Waals surface area contributed by atoms with Gasteiger partial charge in [-0.1, -0.05) is 24.3 Å². The molecule has 1 nitrogen and oxygen atoms in total. The third kappa shape index (κ3) is 2.87. The second-order valence-electron chi connectivity index (χ2n) is 4.56. The van der Waals surface area contributed by atoms with Gasteiger partial charge in [-0.2, -0.15) is 0 Å². The van der Waals surface area contributed by atoms with Crippen LogP contribution in [0.3, 0.4) is 0 Å². The molecule has 1 aromatic heterocycles. The molecule has 0 aliphatic rings. The summed E-state index contributed by atoms with van der Waals surface area (Å²) in [6.07, 6.45) is 0. The Labute approximate surface area is 125 Å². The third-order valence-electron chi connectivity index (χ3n) is 3.13. The summed E-state index contributed by atoms with van der Waals surface area (Å²) in [7, 11) is 0. The third-order valence-corrected chi connectivity index (χ3v) is 5.23. The number of halogens is 1. The van der Waals surface area contributed by atoms with Crippen LogP contribution in [-0.4, -0.2) is 5.75 Å². The number of nitrogens with two attached hydrogens (primary N) is 1. The van der Waals surface area contributed by atoms with E-state index in [-0.39, 0.29) is 11.9 Å². The summed E-state index contributed by atoms with van der Waals surface area (Å²) in [6.45, 7) is 0. The Morgan fingerprint density at radius 3 is 2.85 bits per heavy atom. The molecule has 102 valence electrons. The van der Waals surface area contributed by atoms with E-state index in [0.29, 0.717) is 0 Å². The summed E-state index contributed by atoms with van der Waals surface area (Å²) in [6, 6.07) is 14.9. The van der Waals surface area contributed by atoms with Crippen molar-refractivity contribution in [1.82, 2.24) is 0 Å². The summed E-state index contributed by atoms with van der Waals surface area (Å²) in [5.74, 6) is 0.532. The summed E-state index contributed by atoms with van der Waals surface area (Å²) in [4.78, 5) is 0.916. The summed E-state index contributed by atoms with van der Waals surface area (Å²) < 4.78 is 14.4. The molecule has 0 saturated carbocycles. The summed E-state index contributed by atoms with van der Waals surface area (Å²) >= 11 is 3.31. The zero-order chi connectivity index (χ0) is 13.9. The van der Waals surface area contributed by atoms with Crippen LogP contribution in [0.1, 0.15) is 11.6 Å². The minimum atomic E-state index is -0.205. The van der Waals surface area contributed by atoms with Crippen LogP contribution in [0.25, 0.3) is 10.1 Å². The van der Waals surface area contributed by atoms with Gasteiger partial charge in [0.05, 0.1) is 0 Å². The largest absolute Gasteiger partial charge is 0.323 e. The van der Waals surface area contributed by atoms with Gasteiger partial charge in [0, 0.05) is 21.4 Å². The number of rotatable bonds is 4. The molecule has 3 aromatic rings. The van der Waals surface area contributed by atoms with Gasteiger partial charge in [-0.15, -0.1) is 23.1 Å². The van der Waals surface area contributed by atoms with Gasteiger partial charge in [0.15, 0.2) is 0 Å². The molecule has 0 aliphatic heterocycles. The van der Waals surface area contributed by atoms with Crippen molar-refractivity contribution in [3.8, 4) is 0 Å². The number of hydrogen-bond acceptors (Lipinski definition) is 3. The number of thiophene rings is 1. The van der Waals surface area contributed by atoms with Crippen LogP contribution in [0.5, 0.6) is 0 Å². The minimum absolute atomic E-state index is 0.0504. The molecule has 0 amide bonds. The van der Waals surface area contributed by atoms with Crippen molar-refractivity contribution < 1.29 is 4.39 Å². The molecule has 0 aliphatic carbocycles. The first-order chi connectivity index (χ1) is 9.74. The molecular weight excluding hydrogens is 289 g/mol. The second-order valence-corrected chi connectivity index (χ2v) is 6.57. The van der Waals surface area contributed by atoms with Crippen LogP contribution in [0.15, 0.2) is 58.8 Å². The van der Waals surface area contributed by atoms with Crippen molar-refractivity contribution in [1.29, 1.82) is 0 Å². The van der Waals surface area contributed by atoms with Crippen molar-refractivity contribution in [3.63, 3.8) is 0 Å². The average molecular weight is 303 g/mol. The highest BCUT2D eigenvalue weighted by Gasteiger charge is 2.11. The van der Waals surface area contributed by atoms with E-state index in [1.165, 1.54) is 21.7 Å². The first kappa shape index (κ1) is 13.6. The fourth-order valence-electron chi connectivity index (χ4n) is 2.14. The molecule has 20 heavy (non-hydrogen) atoms. The van der Waals surface area contributed by atoms with Crippen molar-refractivity contribution in [2.24, 2.45) is 5.73 Å². The molecule has 2 N–H and O–H groups in total. The van der Waals surface area contributed by atoms with E-state index < -0.39 is 0 Å². The van der Waals surface area contributed by atoms with Gasteiger partial charge in [0.25, 0.3) is 0 Å². The molecule has 0 spiro atoms. The minimum Gasteiger partial charge on any atom is -0.323 e. The van der Waals surface area contributed by atoms with E-state index in [4.69, 9.17) is 5.73 Å². The normalized spacial score (nSPS) is 12.7. The highest BCUT2D eigenvalue weighted by atomic mass is 32.2. The molecule has 1 heterocycles. The van der Waals surface area contributed by atoms with Gasteiger partial charge in [-0.05, 0) is 40.6 Å². The fraction of sp³-hybridized carbons (Fsp3) is 0.125. The van der Waals surface area contributed by atoms with Crippen molar-refractivity contribution in [3.05, 3.63) is 65.3 Å². The van der Waals surface area contributed by atoms with Crippen LogP contribution in [0, 0.1) is 5.82 Å². The van der Waals surface area contributed by atoms with Gasteiger partial charge in [0.2, 0.25) is 0 Å². The van der Waals surface area contributed by atoms with E-state index in [2.05, 4.69) is 23.6 Å². The molecular formula is C16H14FNS2. The first-order valence-electron chi connectivity index (χ1n) is 6.34. The Kier molecular flexibility index (Phi) is 4.05. The number of thioether (sulfide) groups is 1. The van der Waals surface area contributed by atoms with Crippen LogP contribution in [0.4, 0.5) is 4.39 Å². The van der Waals surface area contributed by atoms with Crippen LogP contribution in [-0.2, 0) is 0 Å².